The summed E-state index contributed by atoms with van der Waals surface area (Å²) in [5.41, 5.74) is 1.29. The van der Waals surface area contributed by atoms with Gasteiger partial charge < -0.3 is 10.2 Å². The van der Waals surface area contributed by atoms with E-state index in [9.17, 15) is 9.59 Å². The van der Waals surface area contributed by atoms with Gasteiger partial charge in [-0.1, -0.05) is 38.3 Å². The molecule has 0 radical (unpaired) electrons. The van der Waals surface area contributed by atoms with Gasteiger partial charge in [-0.2, -0.15) is 0 Å². The predicted molar refractivity (Wildman–Crippen MR) is 116 cm³/mol. The van der Waals surface area contributed by atoms with Gasteiger partial charge in [0.2, 0.25) is 5.91 Å². The predicted octanol–water partition coefficient (Wildman–Crippen LogP) is 4.15. The number of hydrogen-bond acceptors (Lipinski definition) is 3. The van der Waals surface area contributed by atoms with E-state index in [0.717, 1.165) is 45.4 Å². The second-order valence-electron chi connectivity index (χ2n) is 9.28. The minimum atomic E-state index is 0.0240. The van der Waals surface area contributed by atoms with Crippen molar-refractivity contribution < 1.29 is 9.59 Å². The standard InChI is InChI=1S/C24H35N3O2/c1-18-11-14-26(15-12-18)24(29)21-9-5-6-10-22(21)25-23(28)19-13-16-27(17-19)20-7-3-2-4-8-20/h5-6,9-10,18-20H,2-4,7-8,11-17H2,1H3,(H,25,28). The van der Waals surface area contributed by atoms with Crippen LogP contribution in [0.15, 0.2) is 24.3 Å². The number of carbonyl (C=O) groups excluding carboxylic acids is 2. The molecular weight excluding hydrogens is 362 g/mol. The summed E-state index contributed by atoms with van der Waals surface area (Å²) >= 11 is 0. The van der Waals surface area contributed by atoms with Crippen molar-refractivity contribution >= 4 is 17.5 Å². The number of nitrogens with one attached hydrogen (secondary N) is 1. The zero-order chi connectivity index (χ0) is 20.2. The molecule has 4 rings (SSSR count). The smallest absolute Gasteiger partial charge is 0.255 e. The zero-order valence-corrected chi connectivity index (χ0v) is 17.7. The van der Waals surface area contributed by atoms with E-state index in [2.05, 4.69) is 17.1 Å². The number of rotatable bonds is 4. The molecular formula is C24H35N3O2. The Morgan fingerprint density at radius 1 is 0.931 bits per heavy atom. The van der Waals surface area contributed by atoms with Crippen molar-refractivity contribution in [2.75, 3.05) is 31.5 Å². The number of para-hydroxylation sites is 1. The fraction of sp³-hybridized carbons (Fsp3) is 0.667. The number of benzene rings is 1. The van der Waals surface area contributed by atoms with Gasteiger partial charge in [-0.15, -0.1) is 0 Å². The normalized spacial score (nSPS) is 24.6. The highest BCUT2D eigenvalue weighted by atomic mass is 16.2. The lowest BCUT2D eigenvalue weighted by Crippen LogP contribution is -2.38. The van der Waals surface area contributed by atoms with Gasteiger partial charge in [0, 0.05) is 25.7 Å². The van der Waals surface area contributed by atoms with Crippen LogP contribution in [0.4, 0.5) is 5.69 Å². The van der Waals surface area contributed by atoms with Gasteiger partial charge in [0.25, 0.3) is 5.91 Å². The molecule has 29 heavy (non-hydrogen) atoms. The average molecular weight is 398 g/mol. The van der Waals surface area contributed by atoms with E-state index in [-0.39, 0.29) is 17.7 Å². The molecule has 158 valence electrons. The largest absolute Gasteiger partial charge is 0.339 e. The van der Waals surface area contributed by atoms with Crippen molar-refractivity contribution in [3.05, 3.63) is 29.8 Å². The van der Waals surface area contributed by atoms with E-state index in [0.29, 0.717) is 23.2 Å². The van der Waals surface area contributed by atoms with Crippen LogP contribution < -0.4 is 5.32 Å². The summed E-state index contributed by atoms with van der Waals surface area (Å²) in [4.78, 5) is 30.5. The third-order valence-corrected chi connectivity index (χ3v) is 7.17. The van der Waals surface area contributed by atoms with Gasteiger partial charge in [0.1, 0.15) is 0 Å². The summed E-state index contributed by atoms with van der Waals surface area (Å²) < 4.78 is 0. The Morgan fingerprint density at radius 3 is 2.41 bits per heavy atom. The molecule has 2 heterocycles. The highest BCUT2D eigenvalue weighted by molar-refractivity contribution is 6.04. The van der Waals surface area contributed by atoms with Gasteiger partial charge >= 0.3 is 0 Å². The first kappa shape index (κ1) is 20.4. The van der Waals surface area contributed by atoms with E-state index in [1.807, 2.05) is 29.2 Å². The molecule has 1 saturated carbocycles. The van der Waals surface area contributed by atoms with Crippen LogP contribution in [0, 0.1) is 11.8 Å². The van der Waals surface area contributed by atoms with Crippen LogP contribution >= 0.6 is 0 Å². The van der Waals surface area contributed by atoms with Gasteiger partial charge in [-0.05, 0) is 56.7 Å². The number of nitrogens with zero attached hydrogens (tertiary/aromatic N) is 2. The van der Waals surface area contributed by atoms with Gasteiger partial charge in [0.15, 0.2) is 0 Å². The fourth-order valence-electron chi connectivity index (χ4n) is 5.17. The van der Waals surface area contributed by atoms with Crippen molar-refractivity contribution in [2.45, 2.75) is 64.3 Å². The fourth-order valence-corrected chi connectivity index (χ4v) is 5.17. The summed E-state index contributed by atoms with van der Waals surface area (Å²) in [6.45, 7) is 5.74. The maximum absolute atomic E-state index is 13.1. The van der Waals surface area contributed by atoms with Crippen LogP contribution in [0.2, 0.25) is 0 Å². The number of piperidine rings is 1. The highest BCUT2D eigenvalue weighted by Gasteiger charge is 2.33. The second-order valence-corrected chi connectivity index (χ2v) is 9.28. The topological polar surface area (TPSA) is 52.7 Å². The Kier molecular flexibility index (Phi) is 6.53. The minimum absolute atomic E-state index is 0.0240. The van der Waals surface area contributed by atoms with Crippen LogP contribution in [-0.4, -0.2) is 53.8 Å². The molecule has 0 aromatic heterocycles. The highest BCUT2D eigenvalue weighted by Crippen LogP contribution is 2.29. The molecule has 1 aromatic carbocycles. The summed E-state index contributed by atoms with van der Waals surface area (Å²) in [6.07, 6.45) is 9.59. The van der Waals surface area contributed by atoms with Crippen molar-refractivity contribution in [3.8, 4) is 0 Å². The first-order valence-electron chi connectivity index (χ1n) is 11.5. The van der Waals surface area contributed by atoms with Gasteiger partial charge in [-0.3, -0.25) is 14.5 Å². The lowest BCUT2D eigenvalue weighted by molar-refractivity contribution is -0.119. The summed E-state index contributed by atoms with van der Waals surface area (Å²) in [7, 11) is 0. The Bertz CT molecular complexity index is 721. The third-order valence-electron chi connectivity index (χ3n) is 7.17. The average Bonchev–Trinajstić information content (AvgIpc) is 3.25. The summed E-state index contributed by atoms with van der Waals surface area (Å²) in [5.74, 6) is 0.818. The van der Waals surface area contributed by atoms with E-state index < -0.39 is 0 Å². The van der Waals surface area contributed by atoms with Gasteiger partial charge in [-0.25, -0.2) is 0 Å². The molecule has 1 aliphatic carbocycles. The first-order chi connectivity index (χ1) is 14.1. The Labute approximate surface area is 174 Å². The van der Waals surface area contributed by atoms with Crippen molar-refractivity contribution in [2.24, 2.45) is 11.8 Å². The molecule has 1 unspecified atom stereocenters. The van der Waals surface area contributed by atoms with E-state index in [1.165, 1.54) is 32.1 Å². The Balaban J connectivity index is 1.38. The lowest BCUT2D eigenvalue weighted by atomic mass is 9.94. The lowest BCUT2D eigenvalue weighted by Gasteiger charge is -2.31. The molecule has 1 atom stereocenters. The molecule has 1 N–H and O–H groups in total. The van der Waals surface area contributed by atoms with Crippen molar-refractivity contribution in [1.29, 1.82) is 0 Å². The molecule has 2 saturated heterocycles. The third kappa shape index (κ3) is 4.82. The SMILES string of the molecule is CC1CCN(C(=O)c2ccccc2NC(=O)C2CCN(C3CCCCC3)C2)CC1. The van der Waals surface area contributed by atoms with Crippen molar-refractivity contribution in [1.82, 2.24) is 9.80 Å². The minimum Gasteiger partial charge on any atom is -0.339 e. The quantitative estimate of drug-likeness (QED) is 0.830. The molecule has 0 spiro atoms. The zero-order valence-electron chi connectivity index (χ0n) is 17.7. The van der Waals surface area contributed by atoms with Crippen molar-refractivity contribution in [3.63, 3.8) is 0 Å². The molecule has 3 aliphatic rings. The summed E-state index contributed by atoms with van der Waals surface area (Å²) in [6, 6.07) is 8.16. The van der Waals surface area contributed by atoms with Crippen LogP contribution in [-0.2, 0) is 4.79 Å². The summed E-state index contributed by atoms with van der Waals surface area (Å²) in [5, 5.41) is 3.09. The number of likely N-dealkylation sites (tertiary alicyclic amines) is 2. The number of carbonyl (C=O) groups is 2. The first-order valence-corrected chi connectivity index (χ1v) is 11.5. The number of amides is 2. The number of anilines is 1. The van der Waals surface area contributed by atoms with E-state index >= 15 is 0 Å². The van der Waals surface area contributed by atoms with Crippen LogP contribution in [0.3, 0.4) is 0 Å². The maximum atomic E-state index is 13.1. The molecule has 5 nitrogen and oxygen atoms in total. The molecule has 2 aliphatic heterocycles. The van der Waals surface area contributed by atoms with Gasteiger partial charge in [0.05, 0.1) is 17.2 Å². The maximum Gasteiger partial charge on any atom is 0.255 e. The Hall–Kier alpha value is -1.88. The molecule has 2 amide bonds. The monoisotopic (exact) mass is 397 g/mol. The van der Waals surface area contributed by atoms with Crippen LogP contribution in [0.25, 0.3) is 0 Å². The molecule has 0 bridgehead atoms. The molecule has 1 aromatic rings. The van der Waals surface area contributed by atoms with Crippen LogP contribution in [0.5, 0.6) is 0 Å². The van der Waals surface area contributed by atoms with E-state index in [4.69, 9.17) is 0 Å². The molecule has 5 heteroatoms. The Morgan fingerprint density at radius 2 is 1.66 bits per heavy atom. The van der Waals surface area contributed by atoms with Crippen LogP contribution in [0.1, 0.15) is 68.6 Å². The number of hydrogen-bond donors (Lipinski definition) is 1. The molecule has 3 fully saturated rings. The second kappa shape index (κ2) is 9.29. The van der Waals surface area contributed by atoms with E-state index in [1.54, 1.807) is 0 Å².